The molecule has 0 unspecified atom stereocenters. The van der Waals surface area contributed by atoms with Crippen molar-refractivity contribution in [3.8, 4) is 0 Å². The minimum atomic E-state index is -0.0676. The summed E-state index contributed by atoms with van der Waals surface area (Å²) >= 11 is 11.4. The molecule has 4 nitrogen and oxygen atoms in total. The summed E-state index contributed by atoms with van der Waals surface area (Å²) in [6.45, 7) is 2.49. The number of amides is 1. The number of hydrogen-bond donors (Lipinski definition) is 0. The fourth-order valence-corrected chi connectivity index (χ4v) is 3.97. The molecule has 0 aliphatic carbocycles. The highest BCUT2D eigenvalue weighted by atomic mass is 79.9. The van der Waals surface area contributed by atoms with Gasteiger partial charge in [-0.1, -0.05) is 15.9 Å². The summed E-state index contributed by atoms with van der Waals surface area (Å²) in [7, 11) is 0. The number of likely N-dealkylation sites (N-methyl/N-ethyl adjacent to an activating group) is 1. The van der Waals surface area contributed by atoms with Crippen LogP contribution in [0.15, 0.2) is 58.3 Å². The molecule has 1 aromatic heterocycles. The first-order chi connectivity index (χ1) is 11.5. The van der Waals surface area contributed by atoms with Crippen LogP contribution in [0, 0.1) is 0 Å². The molecule has 1 saturated heterocycles. The molecule has 2 heterocycles. The predicted molar refractivity (Wildman–Crippen MR) is 108 cm³/mol. The summed E-state index contributed by atoms with van der Waals surface area (Å²) in [5.74, 6) is 0.535. The lowest BCUT2D eigenvalue weighted by atomic mass is 10.3. The second kappa shape index (κ2) is 7.59. The highest BCUT2D eigenvalue weighted by molar-refractivity contribution is 9.13. The van der Waals surface area contributed by atoms with Crippen LogP contribution in [0.5, 0.6) is 0 Å². The molecule has 0 N–H and O–H groups in total. The number of aliphatic imine (C=N–C) groups is 1. The van der Waals surface area contributed by atoms with Crippen molar-refractivity contribution in [2.45, 2.75) is 6.92 Å². The molecule has 0 saturated carbocycles. The zero-order valence-corrected chi connectivity index (χ0v) is 18.0. The summed E-state index contributed by atoms with van der Waals surface area (Å²) in [4.78, 5) is 19.4. The zero-order valence-electron chi connectivity index (χ0n) is 12.4. The molecule has 1 aromatic carbocycles. The van der Waals surface area contributed by atoms with Gasteiger partial charge in [-0.25, -0.2) is 4.99 Å². The van der Waals surface area contributed by atoms with Gasteiger partial charge in [0.2, 0.25) is 0 Å². The fraction of sp³-hybridized carbons (Fsp3) is 0.125. The highest BCUT2D eigenvalue weighted by Crippen LogP contribution is 2.36. The topological polar surface area (TPSA) is 45.8 Å². The standard InChI is InChI=1S/C16H11Br3N2O2S/c1-2-21-15(22)13(8-11-7-12(18)14(19)23-11)24-16(21)20-10-5-3-9(17)4-6-10/h3-8H,2H2,1H3/b13-8-,20-16?. The summed E-state index contributed by atoms with van der Waals surface area (Å²) in [6, 6.07) is 9.46. The van der Waals surface area contributed by atoms with Crippen molar-refractivity contribution in [1.29, 1.82) is 0 Å². The molecule has 2 aromatic rings. The van der Waals surface area contributed by atoms with Crippen LogP contribution in [0.2, 0.25) is 0 Å². The van der Waals surface area contributed by atoms with Crippen LogP contribution in [0.3, 0.4) is 0 Å². The molecule has 8 heteroatoms. The van der Waals surface area contributed by atoms with Gasteiger partial charge in [0.25, 0.3) is 5.91 Å². The summed E-state index contributed by atoms with van der Waals surface area (Å²) in [5.41, 5.74) is 0.802. The highest BCUT2D eigenvalue weighted by Gasteiger charge is 2.32. The molecule has 1 amide bonds. The third-order valence-corrected chi connectivity index (χ3v) is 6.44. The molecule has 0 spiro atoms. The number of halogens is 3. The Hall–Kier alpha value is -0.830. The first-order valence-electron chi connectivity index (χ1n) is 6.98. The van der Waals surface area contributed by atoms with Crippen molar-refractivity contribution in [3.63, 3.8) is 0 Å². The van der Waals surface area contributed by atoms with E-state index in [1.165, 1.54) is 11.8 Å². The van der Waals surface area contributed by atoms with Gasteiger partial charge in [-0.05, 0) is 80.9 Å². The van der Waals surface area contributed by atoms with E-state index in [4.69, 9.17) is 4.42 Å². The largest absolute Gasteiger partial charge is 0.449 e. The lowest BCUT2D eigenvalue weighted by Crippen LogP contribution is -2.28. The molecule has 0 bridgehead atoms. The molecule has 3 rings (SSSR count). The average molecular weight is 535 g/mol. The van der Waals surface area contributed by atoms with E-state index in [1.54, 1.807) is 11.0 Å². The number of furan rings is 1. The molecule has 0 radical (unpaired) electrons. The molecule has 1 aliphatic rings. The van der Waals surface area contributed by atoms with Gasteiger partial charge >= 0.3 is 0 Å². The second-order valence-electron chi connectivity index (χ2n) is 4.80. The number of benzene rings is 1. The minimum Gasteiger partial charge on any atom is -0.449 e. The Kier molecular flexibility index (Phi) is 5.69. The molecule has 1 aliphatic heterocycles. The Morgan fingerprint density at radius 3 is 2.54 bits per heavy atom. The van der Waals surface area contributed by atoms with E-state index in [-0.39, 0.29) is 5.91 Å². The van der Waals surface area contributed by atoms with Crippen molar-refractivity contribution in [2.75, 3.05) is 6.54 Å². The lowest BCUT2D eigenvalue weighted by Gasteiger charge is -2.11. The van der Waals surface area contributed by atoms with E-state index in [0.29, 0.717) is 27.0 Å². The van der Waals surface area contributed by atoms with E-state index >= 15 is 0 Å². The Balaban J connectivity index is 1.92. The lowest BCUT2D eigenvalue weighted by molar-refractivity contribution is -0.122. The average Bonchev–Trinajstić information content (AvgIpc) is 3.01. The van der Waals surface area contributed by atoms with Crippen LogP contribution < -0.4 is 0 Å². The van der Waals surface area contributed by atoms with Gasteiger partial charge in [-0.3, -0.25) is 9.69 Å². The second-order valence-corrected chi connectivity index (χ2v) is 8.30. The van der Waals surface area contributed by atoms with Crippen LogP contribution in [0.25, 0.3) is 6.08 Å². The van der Waals surface area contributed by atoms with Crippen LogP contribution in [-0.2, 0) is 4.79 Å². The zero-order chi connectivity index (χ0) is 17.3. The SMILES string of the molecule is CCN1C(=O)/C(=C/c2cc(Br)c(Br)o2)SC1=Nc1ccc(Br)cc1. The quantitative estimate of drug-likeness (QED) is 0.441. The van der Waals surface area contributed by atoms with Crippen LogP contribution in [0.4, 0.5) is 5.69 Å². The Labute approximate surface area is 168 Å². The molecular weight excluding hydrogens is 524 g/mol. The fourth-order valence-electron chi connectivity index (χ4n) is 2.06. The third-order valence-electron chi connectivity index (χ3n) is 3.19. The smallest absolute Gasteiger partial charge is 0.266 e. The Morgan fingerprint density at radius 1 is 1.25 bits per heavy atom. The van der Waals surface area contributed by atoms with E-state index in [9.17, 15) is 4.79 Å². The van der Waals surface area contributed by atoms with Gasteiger partial charge in [-0.2, -0.15) is 0 Å². The number of nitrogens with zero attached hydrogens (tertiary/aromatic N) is 2. The maximum Gasteiger partial charge on any atom is 0.266 e. The first kappa shape index (κ1) is 18.0. The minimum absolute atomic E-state index is 0.0676. The molecule has 1 fully saturated rings. The van der Waals surface area contributed by atoms with Crippen molar-refractivity contribution < 1.29 is 9.21 Å². The normalized spacial score (nSPS) is 18.2. The number of rotatable bonds is 3. The molecule has 0 atom stereocenters. The van der Waals surface area contributed by atoms with Gasteiger partial charge in [0.1, 0.15) is 5.76 Å². The molecule has 24 heavy (non-hydrogen) atoms. The summed E-state index contributed by atoms with van der Waals surface area (Å²) in [5, 5.41) is 0.667. The van der Waals surface area contributed by atoms with Crippen molar-refractivity contribution in [1.82, 2.24) is 4.90 Å². The number of hydrogen-bond acceptors (Lipinski definition) is 4. The maximum absolute atomic E-state index is 12.6. The van der Waals surface area contributed by atoms with Gasteiger partial charge in [0, 0.05) is 17.1 Å². The van der Waals surface area contributed by atoms with Crippen LogP contribution >= 0.6 is 59.6 Å². The molecule has 124 valence electrons. The Morgan fingerprint density at radius 2 is 1.96 bits per heavy atom. The van der Waals surface area contributed by atoms with E-state index in [2.05, 4.69) is 52.8 Å². The van der Waals surface area contributed by atoms with Gasteiger partial charge in [-0.15, -0.1) is 0 Å². The number of thioether (sulfide) groups is 1. The predicted octanol–water partition coefficient (Wildman–Crippen LogP) is 6.19. The molecular formula is C16H11Br3N2O2S. The van der Waals surface area contributed by atoms with Gasteiger partial charge < -0.3 is 4.42 Å². The van der Waals surface area contributed by atoms with E-state index < -0.39 is 0 Å². The number of carbonyl (C=O) groups excluding carboxylic acids is 1. The monoisotopic (exact) mass is 532 g/mol. The van der Waals surface area contributed by atoms with Crippen molar-refractivity contribution in [3.05, 3.63) is 54.6 Å². The first-order valence-corrected chi connectivity index (χ1v) is 10.2. The number of amidine groups is 1. The van der Waals surface area contributed by atoms with E-state index in [0.717, 1.165) is 14.6 Å². The van der Waals surface area contributed by atoms with Gasteiger partial charge in [0.05, 0.1) is 15.1 Å². The maximum atomic E-state index is 12.6. The van der Waals surface area contributed by atoms with Crippen molar-refractivity contribution in [2.24, 2.45) is 4.99 Å². The summed E-state index contributed by atoms with van der Waals surface area (Å²) in [6.07, 6.45) is 1.73. The Bertz CT molecular complexity index is 824. The summed E-state index contributed by atoms with van der Waals surface area (Å²) < 4.78 is 7.92. The van der Waals surface area contributed by atoms with Gasteiger partial charge in [0.15, 0.2) is 9.84 Å². The number of carbonyl (C=O) groups is 1. The van der Waals surface area contributed by atoms with Crippen LogP contribution in [-0.4, -0.2) is 22.5 Å². The third kappa shape index (κ3) is 3.87. The van der Waals surface area contributed by atoms with E-state index in [1.807, 2.05) is 37.3 Å². The van der Waals surface area contributed by atoms with Crippen LogP contribution in [0.1, 0.15) is 12.7 Å². The van der Waals surface area contributed by atoms with Crippen molar-refractivity contribution >= 4 is 82.4 Å².